The Labute approximate surface area is 155 Å². The second kappa shape index (κ2) is 14.0. The minimum atomic E-state index is 0. The fourth-order valence-corrected chi connectivity index (χ4v) is 2.28. The Bertz CT molecular complexity index is 412. The van der Waals surface area contributed by atoms with Gasteiger partial charge >= 0.3 is 0 Å². The molecule has 0 radical (unpaired) electrons. The van der Waals surface area contributed by atoms with E-state index >= 15 is 0 Å². The number of nitrogens with zero attached hydrogens (tertiary/aromatic N) is 1. The Hall–Kier alpha value is -0.630. The number of thioether (sulfide) groups is 1. The van der Waals surface area contributed by atoms with Gasteiger partial charge in [0.15, 0.2) is 5.96 Å². The van der Waals surface area contributed by atoms with Crippen molar-refractivity contribution in [2.24, 2.45) is 4.99 Å². The molecule has 0 aliphatic heterocycles. The highest BCUT2D eigenvalue weighted by Crippen LogP contribution is 2.11. The summed E-state index contributed by atoms with van der Waals surface area (Å²) >= 11 is 1.86. The van der Waals surface area contributed by atoms with Gasteiger partial charge in [-0.25, -0.2) is 0 Å². The molecule has 0 fully saturated rings. The average molecular weight is 437 g/mol. The summed E-state index contributed by atoms with van der Waals surface area (Å²) in [6.07, 6.45) is 4.22. The second-order valence-electron chi connectivity index (χ2n) is 4.63. The van der Waals surface area contributed by atoms with Gasteiger partial charge in [-0.1, -0.05) is 12.1 Å². The number of rotatable bonds is 9. The quantitative estimate of drug-likeness (QED) is 0.270. The van der Waals surface area contributed by atoms with E-state index in [1.165, 1.54) is 5.56 Å². The Balaban J connectivity index is 0.00000441. The molecule has 0 atom stereocenters. The van der Waals surface area contributed by atoms with Crippen molar-refractivity contribution < 1.29 is 4.74 Å². The fraction of sp³-hybridized carbons (Fsp3) is 0.562. The summed E-state index contributed by atoms with van der Waals surface area (Å²) in [5, 5.41) is 6.65. The van der Waals surface area contributed by atoms with Gasteiger partial charge in [0.2, 0.25) is 0 Å². The van der Waals surface area contributed by atoms with Gasteiger partial charge in [-0.05, 0) is 49.5 Å². The molecule has 0 unspecified atom stereocenters. The third-order valence-corrected chi connectivity index (χ3v) is 3.68. The normalized spacial score (nSPS) is 10.8. The van der Waals surface area contributed by atoms with Crippen molar-refractivity contribution in [2.75, 3.05) is 38.8 Å². The van der Waals surface area contributed by atoms with Crippen LogP contribution in [0.5, 0.6) is 5.75 Å². The maximum atomic E-state index is 5.16. The maximum Gasteiger partial charge on any atom is 0.191 e. The first kappa shape index (κ1) is 21.4. The van der Waals surface area contributed by atoms with Crippen LogP contribution in [0.1, 0.15) is 18.9 Å². The van der Waals surface area contributed by atoms with Crippen LogP contribution < -0.4 is 15.4 Å². The lowest BCUT2D eigenvalue weighted by molar-refractivity contribution is 0.414. The molecule has 1 rings (SSSR count). The monoisotopic (exact) mass is 437 g/mol. The molecule has 1 aromatic carbocycles. The molecule has 0 aliphatic carbocycles. The topological polar surface area (TPSA) is 45.7 Å². The van der Waals surface area contributed by atoms with Gasteiger partial charge in [0, 0.05) is 19.6 Å². The molecular weight excluding hydrogens is 409 g/mol. The van der Waals surface area contributed by atoms with Gasteiger partial charge in [-0.2, -0.15) is 11.8 Å². The summed E-state index contributed by atoms with van der Waals surface area (Å²) < 4.78 is 5.16. The Morgan fingerprint density at radius 3 is 2.55 bits per heavy atom. The molecule has 0 heterocycles. The van der Waals surface area contributed by atoms with Crippen LogP contribution in [0.2, 0.25) is 0 Å². The van der Waals surface area contributed by atoms with E-state index in [0.717, 1.165) is 49.9 Å². The van der Waals surface area contributed by atoms with E-state index in [1.807, 2.05) is 23.9 Å². The number of nitrogens with one attached hydrogen (secondary N) is 2. The zero-order valence-electron chi connectivity index (χ0n) is 13.7. The van der Waals surface area contributed by atoms with Gasteiger partial charge < -0.3 is 15.4 Å². The van der Waals surface area contributed by atoms with Crippen LogP contribution in [-0.2, 0) is 6.42 Å². The van der Waals surface area contributed by atoms with E-state index < -0.39 is 0 Å². The summed E-state index contributed by atoms with van der Waals surface area (Å²) in [5.41, 5.74) is 1.29. The van der Waals surface area contributed by atoms with Crippen molar-refractivity contribution in [2.45, 2.75) is 19.8 Å². The van der Waals surface area contributed by atoms with Gasteiger partial charge in [-0.3, -0.25) is 4.99 Å². The zero-order valence-corrected chi connectivity index (χ0v) is 16.9. The minimum Gasteiger partial charge on any atom is -0.497 e. The highest BCUT2D eigenvalue weighted by Gasteiger charge is 1.98. The van der Waals surface area contributed by atoms with Crippen LogP contribution in [0, 0.1) is 0 Å². The second-order valence-corrected chi connectivity index (χ2v) is 5.62. The van der Waals surface area contributed by atoms with Crippen LogP contribution in [0.3, 0.4) is 0 Å². The lowest BCUT2D eigenvalue weighted by Gasteiger charge is -2.11. The minimum absolute atomic E-state index is 0. The number of ether oxygens (including phenoxy) is 1. The predicted molar refractivity (Wildman–Crippen MR) is 109 cm³/mol. The van der Waals surface area contributed by atoms with Crippen molar-refractivity contribution in [1.29, 1.82) is 0 Å². The molecule has 0 saturated carbocycles. The first-order chi connectivity index (χ1) is 10.3. The third kappa shape index (κ3) is 9.40. The Morgan fingerprint density at radius 1 is 1.23 bits per heavy atom. The molecule has 6 heteroatoms. The van der Waals surface area contributed by atoms with E-state index in [0.29, 0.717) is 0 Å². The molecule has 0 saturated heterocycles. The van der Waals surface area contributed by atoms with E-state index in [2.05, 4.69) is 40.9 Å². The molecule has 1 aromatic rings. The van der Waals surface area contributed by atoms with Gasteiger partial charge in [0.25, 0.3) is 0 Å². The van der Waals surface area contributed by atoms with Crippen molar-refractivity contribution in [3.8, 4) is 5.75 Å². The predicted octanol–water partition coefficient (Wildman–Crippen LogP) is 3.16. The molecule has 0 aromatic heterocycles. The molecule has 0 aliphatic rings. The average Bonchev–Trinajstić information content (AvgIpc) is 2.52. The lowest BCUT2D eigenvalue weighted by atomic mass is 10.1. The number of halogens is 1. The van der Waals surface area contributed by atoms with Crippen molar-refractivity contribution in [3.05, 3.63) is 29.8 Å². The number of hydrogen-bond donors (Lipinski definition) is 2. The van der Waals surface area contributed by atoms with Gasteiger partial charge in [-0.15, -0.1) is 24.0 Å². The van der Waals surface area contributed by atoms with E-state index in [-0.39, 0.29) is 24.0 Å². The number of benzene rings is 1. The highest BCUT2D eigenvalue weighted by molar-refractivity contribution is 14.0. The molecular formula is C16H28IN3OS. The van der Waals surface area contributed by atoms with Gasteiger partial charge in [0.1, 0.15) is 5.75 Å². The zero-order chi connectivity index (χ0) is 15.3. The van der Waals surface area contributed by atoms with E-state index in [9.17, 15) is 0 Å². The molecule has 0 amide bonds. The number of methoxy groups -OCH3 is 1. The number of aliphatic imine (C=N–C) groups is 1. The Morgan fingerprint density at radius 2 is 1.95 bits per heavy atom. The maximum absolute atomic E-state index is 5.16. The van der Waals surface area contributed by atoms with Gasteiger partial charge in [0.05, 0.1) is 7.11 Å². The largest absolute Gasteiger partial charge is 0.497 e. The molecule has 0 spiro atoms. The van der Waals surface area contributed by atoms with Crippen molar-refractivity contribution in [3.63, 3.8) is 0 Å². The van der Waals surface area contributed by atoms with Crippen LogP contribution >= 0.6 is 35.7 Å². The van der Waals surface area contributed by atoms with E-state index in [1.54, 1.807) is 7.11 Å². The molecule has 126 valence electrons. The molecule has 2 N–H and O–H groups in total. The summed E-state index contributed by atoms with van der Waals surface area (Å²) in [5.74, 6) is 2.97. The number of hydrogen-bond acceptors (Lipinski definition) is 3. The van der Waals surface area contributed by atoms with Crippen LogP contribution in [0.4, 0.5) is 0 Å². The summed E-state index contributed by atoms with van der Waals surface area (Å²) in [4.78, 5) is 4.57. The third-order valence-electron chi connectivity index (χ3n) is 2.99. The SMILES string of the molecule is CCNC(=NCCCSC)NCCc1ccc(OC)cc1.I. The smallest absolute Gasteiger partial charge is 0.191 e. The number of guanidine groups is 1. The molecule has 0 bridgehead atoms. The fourth-order valence-electron chi connectivity index (χ4n) is 1.86. The summed E-state index contributed by atoms with van der Waals surface area (Å²) in [7, 11) is 1.69. The highest BCUT2D eigenvalue weighted by atomic mass is 127. The molecule has 4 nitrogen and oxygen atoms in total. The van der Waals surface area contributed by atoms with Crippen LogP contribution in [0.25, 0.3) is 0 Å². The summed E-state index contributed by atoms with van der Waals surface area (Å²) in [6.45, 7) is 4.72. The van der Waals surface area contributed by atoms with Crippen LogP contribution in [-0.4, -0.2) is 44.7 Å². The first-order valence-corrected chi connectivity index (χ1v) is 8.83. The first-order valence-electron chi connectivity index (χ1n) is 7.44. The van der Waals surface area contributed by atoms with Crippen molar-refractivity contribution >= 4 is 41.7 Å². The lowest BCUT2D eigenvalue weighted by Crippen LogP contribution is -2.38. The van der Waals surface area contributed by atoms with Crippen molar-refractivity contribution in [1.82, 2.24) is 10.6 Å². The summed E-state index contributed by atoms with van der Waals surface area (Å²) in [6, 6.07) is 8.19. The standard InChI is InChI=1S/C16H27N3OS.HI/c1-4-17-16(18-11-5-13-21-3)19-12-10-14-6-8-15(20-2)9-7-14;/h6-9H,4-5,10-13H2,1-3H3,(H2,17,18,19);1H. The Kier molecular flexibility index (Phi) is 13.6. The molecule has 22 heavy (non-hydrogen) atoms. The van der Waals surface area contributed by atoms with E-state index in [4.69, 9.17) is 4.74 Å². The van der Waals surface area contributed by atoms with Crippen LogP contribution in [0.15, 0.2) is 29.3 Å².